The second-order valence-corrected chi connectivity index (χ2v) is 5.68. The van der Waals surface area contributed by atoms with Gasteiger partial charge in [0.2, 0.25) is 0 Å². The first-order valence-corrected chi connectivity index (χ1v) is 7.76. The Hall–Kier alpha value is -1.81. The summed E-state index contributed by atoms with van der Waals surface area (Å²) in [5.74, 6) is 0. The molecule has 4 nitrogen and oxygen atoms in total. The minimum Gasteiger partial charge on any atom is -0.300 e. The van der Waals surface area contributed by atoms with Crippen LogP contribution in [0.4, 0.5) is 0 Å². The predicted molar refractivity (Wildman–Crippen MR) is 84.0 cm³/mol. The fourth-order valence-electron chi connectivity index (χ4n) is 3.00. The Morgan fingerprint density at radius 3 is 2.67 bits per heavy atom. The molecule has 110 valence electrons. The average molecular weight is 282 g/mol. The molecule has 0 saturated carbocycles. The third-order valence-corrected chi connectivity index (χ3v) is 4.49. The molecule has 0 N–H and O–H groups in total. The van der Waals surface area contributed by atoms with Crippen molar-refractivity contribution in [2.45, 2.75) is 39.2 Å². The van der Waals surface area contributed by atoms with Crippen molar-refractivity contribution in [3.8, 4) is 11.3 Å². The molecule has 2 aromatic rings. The molecular weight excluding hydrogens is 260 g/mol. The number of rotatable bonds is 3. The van der Waals surface area contributed by atoms with Crippen LogP contribution in [-0.4, -0.2) is 39.0 Å². The molecule has 0 aromatic carbocycles. The largest absolute Gasteiger partial charge is 0.300 e. The van der Waals surface area contributed by atoms with Gasteiger partial charge in [-0.1, -0.05) is 6.92 Å². The normalized spacial score (nSPS) is 17.0. The van der Waals surface area contributed by atoms with E-state index >= 15 is 0 Å². The van der Waals surface area contributed by atoms with Crippen LogP contribution in [0.3, 0.4) is 0 Å². The van der Waals surface area contributed by atoms with E-state index in [1.165, 1.54) is 17.7 Å². The van der Waals surface area contributed by atoms with Crippen molar-refractivity contribution in [3.63, 3.8) is 0 Å². The minimum atomic E-state index is 0.636. The Bertz CT molecular complexity index is 597. The lowest BCUT2D eigenvalue weighted by molar-refractivity contribution is 0.213. The van der Waals surface area contributed by atoms with Crippen LogP contribution in [0.25, 0.3) is 11.3 Å². The van der Waals surface area contributed by atoms with Gasteiger partial charge in [0, 0.05) is 54.8 Å². The quantitative estimate of drug-likeness (QED) is 0.868. The smallest absolute Gasteiger partial charge is 0.116 e. The highest BCUT2D eigenvalue weighted by Gasteiger charge is 2.21. The fourth-order valence-corrected chi connectivity index (χ4v) is 3.00. The summed E-state index contributed by atoms with van der Waals surface area (Å²) in [6, 6.07) is 4.69. The minimum absolute atomic E-state index is 0.636. The van der Waals surface area contributed by atoms with Crippen LogP contribution in [0.15, 0.2) is 30.9 Å². The summed E-state index contributed by atoms with van der Waals surface area (Å²) in [6.07, 6.45) is 8.59. The van der Waals surface area contributed by atoms with Gasteiger partial charge in [0.15, 0.2) is 0 Å². The van der Waals surface area contributed by atoms with Crippen molar-refractivity contribution >= 4 is 0 Å². The maximum atomic E-state index is 4.54. The maximum absolute atomic E-state index is 4.54. The van der Waals surface area contributed by atoms with Crippen molar-refractivity contribution in [3.05, 3.63) is 42.1 Å². The number of nitrogens with zero attached hydrogens (tertiary/aromatic N) is 4. The molecule has 0 bridgehead atoms. The van der Waals surface area contributed by atoms with Gasteiger partial charge in [-0.3, -0.25) is 9.88 Å². The van der Waals surface area contributed by atoms with E-state index < -0.39 is 0 Å². The topological polar surface area (TPSA) is 41.9 Å². The maximum Gasteiger partial charge on any atom is 0.116 e. The molecule has 1 aliphatic rings. The lowest BCUT2D eigenvalue weighted by Gasteiger charge is -2.26. The molecule has 0 unspecified atom stereocenters. The highest BCUT2D eigenvalue weighted by atomic mass is 15.1. The molecule has 0 spiro atoms. The summed E-state index contributed by atoms with van der Waals surface area (Å²) in [6.45, 7) is 6.75. The van der Waals surface area contributed by atoms with Gasteiger partial charge in [0.05, 0.1) is 5.69 Å². The first kappa shape index (κ1) is 14.1. The van der Waals surface area contributed by atoms with Gasteiger partial charge in [-0.15, -0.1) is 0 Å². The fraction of sp³-hybridized carbons (Fsp3) is 0.471. The summed E-state index contributed by atoms with van der Waals surface area (Å²) < 4.78 is 0. The zero-order chi connectivity index (χ0) is 14.7. The Balaban J connectivity index is 1.92. The number of hydrogen-bond acceptors (Lipinski definition) is 4. The molecule has 1 aliphatic heterocycles. The van der Waals surface area contributed by atoms with Gasteiger partial charge in [0.25, 0.3) is 0 Å². The highest BCUT2D eigenvalue weighted by Crippen LogP contribution is 2.25. The highest BCUT2D eigenvalue weighted by molar-refractivity contribution is 5.63. The van der Waals surface area contributed by atoms with E-state index in [1.54, 1.807) is 6.33 Å². The Morgan fingerprint density at radius 2 is 1.90 bits per heavy atom. The summed E-state index contributed by atoms with van der Waals surface area (Å²) in [4.78, 5) is 15.7. The van der Waals surface area contributed by atoms with Crippen molar-refractivity contribution < 1.29 is 0 Å². The van der Waals surface area contributed by atoms with Crippen LogP contribution in [0, 0.1) is 0 Å². The summed E-state index contributed by atoms with van der Waals surface area (Å²) in [5, 5.41) is 0. The molecule has 3 rings (SSSR count). The Labute approximate surface area is 126 Å². The van der Waals surface area contributed by atoms with E-state index in [-0.39, 0.29) is 0 Å². The molecular formula is C17H22N4. The molecule has 0 radical (unpaired) electrons. The van der Waals surface area contributed by atoms with E-state index in [0.717, 1.165) is 37.2 Å². The Morgan fingerprint density at radius 1 is 1.14 bits per heavy atom. The molecule has 2 aromatic heterocycles. The van der Waals surface area contributed by atoms with Gasteiger partial charge in [0.1, 0.15) is 6.33 Å². The Kier molecular flexibility index (Phi) is 4.25. The molecule has 1 atom stereocenters. The van der Waals surface area contributed by atoms with Crippen LogP contribution in [-0.2, 0) is 12.8 Å². The van der Waals surface area contributed by atoms with Crippen molar-refractivity contribution in [1.29, 1.82) is 0 Å². The molecule has 0 fully saturated rings. The van der Waals surface area contributed by atoms with Crippen LogP contribution in [0.5, 0.6) is 0 Å². The first-order chi connectivity index (χ1) is 10.3. The zero-order valence-electron chi connectivity index (χ0n) is 12.8. The van der Waals surface area contributed by atoms with Gasteiger partial charge in [-0.25, -0.2) is 9.97 Å². The molecule has 0 aliphatic carbocycles. The number of aromatic nitrogens is 3. The standard InChI is InChI=1S/C17H22N4/c1-3-13(2)21-10-6-15-16(7-11-21)19-12-20-17(15)14-4-8-18-9-5-14/h4-5,8-9,12-13H,3,6-7,10-11H2,1-2H3/t13-/m1/s1. The second kappa shape index (κ2) is 6.31. The van der Waals surface area contributed by atoms with Crippen molar-refractivity contribution in [2.24, 2.45) is 0 Å². The molecule has 21 heavy (non-hydrogen) atoms. The van der Waals surface area contributed by atoms with Crippen LogP contribution in [0.2, 0.25) is 0 Å². The van der Waals surface area contributed by atoms with Gasteiger partial charge in [-0.2, -0.15) is 0 Å². The molecule has 3 heterocycles. The predicted octanol–water partition coefficient (Wildman–Crippen LogP) is 2.74. The van der Waals surface area contributed by atoms with E-state index in [2.05, 4.69) is 33.7 Å². The van der Waals surface area contributed by atoms with Crippen molar-refractivity contribution in [2.75, 3.05) is 13.1 Å². The SMILES string of the molecule is CC[C@@H](C)N1CCc2ncnc(-c3ccncc3)c2CC1. The van der Waals surface area contributed by atoms with E-state index in [4.69, 9.17) is 0 Å². The molecule has 4 heteroatoms. The summed E-state index contributed by atoms with van der Waals surface area (Å²) >= 11 is 0. The van der Waals surface area contributed by atoms with Crippen LogP contribution in [0.1, 0.15) is 31.5 Å². The summed E-state index contributed by atoms with van der Waals surface area (Å²) in [5.41, 5.74) is 4.74. The summed E-state index contributed by atoms with van der Waals surface area (Å²) in [7, 11) is 0. The van der Waals surface area contributed by atoms with Gasteiger partial charge >= 0.3 is 0 Å². The van der Waals surface area contributed by atoms with E-state index in [9.17, 15) is 0 Å². The van der Waals surface area contributed by atoms with E-state index in [0.29, 0.717) is 6.04 Å². The monoisotopic (exact) mass is 282 g/mol. The number of hydrogen-bond donors (Lipinski definition) is 0. The lowest BCUT2D eigenvalue weighted by Crippen LogP contribution is -2.34. The van der Waals surface area contributed by atoms with E-state index in [1.807, 2.05) is 24.5 Å². The lowest BCUT2D eigenvalue weighted by atomic mass is 10.0. The number of fused-ring (bicyclic) bond motifs is 1. The third kappa shape index (κ3) is 2.95. The second-order valence-electron chi connectivity index (χ2n) is 5.68. The average Bonchev–Trinajstić information content (AvgIpc) is 2.77. The van der Waals surface area contributed by atoms with Crippen LogP contribution < -0.4 is 0 Å². The van der Waals surface area contributed by atoms with Crippen LogP contribution >= 0.6 is 0 Å². The van der Waals surface area contributed by atoms with Crippen molar-refractivity contribution in [1.82, 2.24) is 19.9 Å². The third-order valence-electron chi connectivity index (χ3n) is 4.49. The zero-order valence-corrected chi connectivity index (χ0v) is 12.8. The number of pyridine rings is 1. The molecule has 0 saturated heterocycles. The van der Waals surface area contributed by atoms with Gasteiger partial charge < -0.3 is 0 Å². The molecule has 0 amide bonds. The van der Waals surface area contributed by atoms with Gasteiger partial charge in [-0.05, 0) is 31.9 Å². The first-order valence-electron chi connectivity index (χ1n) is 7.76.